The lowest BCUT2D eigenvalue weighted by atomic mass is 9.91. The molecule has 106 valence electrons. The van der Waals surface area contributed by atoms with Crippen molar-refractivity contribution >= 4 is 23.2 Å². The van der Waals surface area contributed by atoms with Crippen LogP contribution in [0.5, 0.6) is 0 Å². The summed E-state index contributed by atoms with van der Waals surface area (Å²) in [6.07, 6.45) is 1.45. The smallest absolute Gasteiger partial charge is 0.227 e. The average Bonchev–Trinajstić information content (AvgIpc) is 2.26. The second-order valence-electron chi connectivity index (χ2n) is 6.24. The topological polar surface area (TPSA) is 20.3 Å². The minimum absolute atomic E-state index is 0.0125. The molecule has 0 heterocycles. The van der Waals surface area contributed by atoms with Crippen LogP contribution in [0.1, 0.15) is 47.5 Å². The van der Waals surface area contributed by atoms with Crippen molar-refractivity contribution in [1.82, 2.24) is 0 Å². The Kier molecular flexibility index (Phi) is 5.42. The lowest BCUT2D eigenvalue weighted by molar-refractivity contribution is -0.120. The van der Waals surface area contributed by atoms with Gasteiger partial charge in [0.1, 0.15) is 0 Å². The number of carbonyl (C=O) groups excluding carboxylic acids is 1. The first-order valence-electron chi connectivity index (χ1n) is 6.82. The van der Waals surface area contributed by atoms with Crippen LogP contribution < -0.4 is 4.90 Å². The second-order valence-corrected chi connectivity index (χ2v) is 6.67. The van der Waals surface area contributed by atoms with Crippen molar-refractivity contribution in [2.24, 2.45) is 5.41 Å². The van der Waals surface area contributed by atoms with E-state index in [2.05, 4.69) is 34.6 Å². The molecule has 1 amide bonds. The Bertz CT molecular complexity index is 437. The highest BCUT2D eigenvalue weighted by Gasteiger charge is 2.25. The monoisotopic (exact) mass is 281 g/mol. The van der Waals surface area contributed by atoms with Gasteiger partial charge in [0.05, 0.1) is 0 Å². The van der Waals surface area contributed by atoms with Crippen LogP contribution in [0.3, 0.4) is 0 Å². The molecule has 1 unspecified atom stereocenters. The maximum absolute atomic E-state index is 12.6. The Labute approximate surface area is 121 Å². The zero-order valence-corrected chi connectivity index (χ0v) is 13.3. The molecule has 19 heavy (non-hydrogen) atoms. The molecule has 2 nitrogen and oxygen atoms in total. The number of nitrogens with zero attached hydrogens (tertiary/aromatic N) is 1. The van der Waals surface area contributed by atoms with E-state index in [1.807, 2.05) is 29.2 Å². The maximum atomic E-state index is 12.6. The Morgan fingerprint density at radius 3 is 2.47 bits per heavy atom. The summed E-state index contributed by atoms with van der Waals surface area (Å²) in [6.45, 7) is 10.4. The molecule has 0 spiro atoms. The molecule has 0 saturated carbocycles. The standard InChI is InChI=1S/C16H24ClNO/c1-6-12(2)18(15(19)11-16(3,4)5)14-9-7-8-13(17)10-14/h7-10,12H,6,11H2,1-5H3. The number of rotatable bonds is 4. The molecule has 0 bridgehead atoms. The first-order valence-corrected chi connectivity index (χ1v) is 7.20. The van der Waals surface area contributed by atoms with Crippen LogP contribution in [0, 0.1) is 5.41 Å². The van der Waals surface area contributed by atoms with E-state index >= 15 is 0 Å². The third-order valence-corrected chi connectivity index (χ3v) is 3.30. The van der Waals surface area contributed by atoms with Crippen molar-refractivity contribution in [1.29, 1.82) is 0 Å². The lowest BCUT2D eigenvalue weighted by Crippen LogP contribution is -2.40. The molecule has 0 aliphatic rings. The molecule has 0 N–H and O–H groups in total. The van der Waals surface area contributed by atoms with E-state index < -0.39 is 0 Å². The zero-order chi connectivity index (χ0) is 14.6. The van der Waals surface area contributed by atoms with Crippen molar-refractivity contribution in [2.45, 2.75) is 53.5 Å². The second kappa shape index (κ2) is 6.42. The molecule has 1 aromatic carbocycles. The van der Waals surface area contributed by atoms with E-state index in [9.17, 15) is 4.79 Å². The summed E-state index contributed by atoms with van der Waals surface area (Å²) in [5.74, 6) is 0.157. The average molecular weight is 282 g/mol. The van der Waals surface area contributed by atoms with E-state index in [4.69, 9.17) is 11.6 Å². The summed E-state index contributed by atoms with van der Waals surface area (Å²) in [4.78, 5) is 14.4. The summed E-state index contributed by atoms with van der Waals surface area (Å²) < 4.78 is 0. The van der Waals surface area contributed by atoms with Gasteiger partial charge in [-0.2, -0.15) is 0 Å². The Hall–Kier alpha value is -1.02. The van der Waals surface area contributed by atoms with Crippen LogP contribution in [-0.4, -0.2) is 11.9 Å². The first-order chi connectivity index (χ1) is 8.74. The molecule has 0 aliphatic heterocycles. The Morgan fingerprint density at radius 2 is 2.00 bits per heavy atom. The SMILES string of the molecule is CCC(C)N(C(=O)CC(C)(C)C)c1cccc(Cl)c1. The van der Waals surface area contributed by atoms with Gasteiger partial charge in [-0.3, -0.25) is 4.79 Å². The Morgan fingerprint density at radius 1 is 1.37 bits per heavy atom. The molecule has 1 atom stereocenters. The van der Waals surface area contributed by atoms with Crippen molar-refractivity contribution in [2.75, 3.05) is 4.90 Å². The number of anilines is 1. The van der Waals surface area contributed by atoms with E-state index in [1.165, 1.54) is 0 Å². The summed E-state index contributed by atoms with van der Waals surface area (Å²) in [5.41, 5.74) is 0.873. The van der Waals surface area contributed by atoms with Crippen molar-refractivity contribution in [3.63, 3.8) is 0 Å². The van der Waals surface area contributed by atoms with Crippen LogP contribution in [-0.2, 0) is 4.79 Å². The molecule has 1 rings (SSSR count). The summed E-state index contributed by atoms with van der Waals surface area (Å²) in [5, 5.41) is 0.661. The van der Waals surface area contributed by atoms with Gasteiger partial charge in [-0.25, -0.2) is 0 Å². The van der Waals surface area contributed by atoms with Gasteiger partial charge in [-0.05, 0) is 37.0 Å². The molecule has 0 aromatic heterocycles. The first kappa shape index (κ1) is 16.0. The molecule has 0 aliphatic carbocycles. The highest BCUT2D eigenvalue weighted by molar-refractivity contribution is 6.30. The largest absolute Gasteiger partial charge is 0.310 e. The molecular weight excluding hydrogens is 258 g/mol. The number of halogens is 1. The van der Waals surface area contributed by atoms with E-state index in [1.54, 1.807) is 0 Å². The maximum Gasteiger partial charge on any atom is 0.227 e. The number of benzene rings is 1. The molecule has 0 fully saturated rings. The zero-order valence-electron chi connectivity index (χ0n) is 12.5. The van der Waals surface area contributed by atoms with Gasteiger partial charge in [0.25, 0.3) is 0 Å². The van der Waals surface area contributed by atoms with Crippen LogP contribution >= 0.6 is 11.6 Å². The third-order valence-electron chi connectivity index (χ3n) is 3.07. The molecule has 3 heteroatoms. The fourth-order valence-corrected chi connectivity index (χ4v) is 2.18. The number of hydrogen-bond donors (Lipinski definition) is 0. The predicted molar refractivity (Wildman–Crippen MR) is 82.8 cm³/mol. The van der Waals surface area contributed by atoms with E-state index in [-0.39, 0.29) is 17.4 Å². The Balaban J connectivity index is 3.05. The normalized spacial score (nSPS) is 13.2. The summed E-state index contributed by atoms with van der Waals surface area (Å²) in [7, 11) is 0. The number of hydrogen-bond acceptors (Lipinski definition) is 1. The summed E-state index contributed by atoms with van der Waals surface area (Å²) >= 11 is 6.04. The predicted octanol–water partition coefficient (Wildman–Crippen LogP) is 4.91. The van der Waals surface area contributed by atoms with Crippen molar-refractivity contribution < 1.29 is 4.79 Å². The van der Waals surface area contributed by atoms with E-state index in [0.717, 1.165) is 12.1 Å². The van der Waals surface area contributed by atoms with Gasteiger partial charge in [-0.15, -0.1) is 0 Å². The lowest BCUT2D eigenvalue weighted by Gasteiger charge is -2.31. The number of amides is 1. The fraction of sp³-hybridized carbons (Fsp3) is 0.562. The minimum atomic E-state index is -0.0125. The number of carbonyl (C=O) groups is 1. The molecule has 0 saturated heterocycles. The minimum Gasteiger partial charge on any atom is -0.310 e. The van der Waals surface area contributed by atoms with Crippen LogP contribution in [0.4, 0.5) is 5.69 Å². The summed E-state index contributed by atoms with van der Waals surface area (Å²) in [6, 6.07) is 7.69. The highest BCUT2D eigenvalue weighted by Crippen LogP contribution is 2.27. The molecule has 1 aromatic rings. The van der Waals surface area contributed by atoms with Crippen molar-refractivity contribution in [3.05, 3.63) is 29.3 Å². The van der Waals surface area contributed by atoms with Gasteiger partial charge in [0.2, 0.25) is 5.91 Å². The molecule has 0 radical (unpaired) electrons. The van der Waals surface area contributed by atoms with Gasteiger partial charge in [0, 0.05) is 23.2 Å². The highest BCUT2D eigenvalue weighted by atomic mass is 35.5. The van der Waals surface area contributed by atoms with Crippen molar-refractivity contribution in [3.8, 4) is 0 Å². The van der Waals surface area contributed by atoms with Gasteiger partial charge >= 0.3 is 0 Å². The van der Waals surface area contributed by atoms with Gasteiger partial charge in [-0.1, -0.05) is 45.4 Å². The van der Waals surface area contributed by atoms with Gasteiger partial charge < -0.3 is 4.90 Å². The molecular formula is C16H24ClNO. The van der Waals surface area contributed by atoms with Crippen LogP contribution in [0.25, 0.3) is 0 Å². The third kappa shape index (κ3) is 4.87. The fourth-order valence-electron chi connectivity index (χ4n) is 1.99. The van der Waals surface area contributed by atoms with Crippen LogP contribution in [0.2, 0.25) is 5.02 Å². The van der Waals surface area contributed by atoms with Crippen LogP contribution in [0.15, 0.2) is 24.3 Å². The quantitative estimate of drug-likeness (QED) is 0.768. The van der Waals surface area contributed by atoms with Gasteiger partial charge in [0.15, 0.2) is 0 Å². The van der Waals surface area contributed by atoms with E-state index in [0.29, 0.717) is 11.4 Å².